The van der Waals surface area contributed by atoms with Crippen LogP contribution in [0.1, 0.15) is 115 Å². The number of rotatable bonds is 24. The quantitative estimate of drug-likeness (QED) is 0.0340. The lowest BCUT2D eigenvalue weighted by atomic mass is 9.36. The van der Waals surface area contributed by atoms with Gasteiger partial charge in [0.15, 0.2) is 11.4 Å². The number of Topliss-reactive ketones (excluding diaryl/α,β-unsaturated/α-hetero) is 1. The Kier molecular flexibility index (Phi) is 20.2. The van der Waals surface area contributed by atoms with Gasteiger partial charge in [-0.3, -0.25) is 24.0 Å². The van der Waals surface area contributed by atoms with Crippen LogP contribution < -0.4 is 21.3 Å². The van der Waals surface area contributed by atoms with Crippen molar-refractivity contribution in [2.24, 2.45) is 22.7 Å². The van der Waals surface area contributed by atoms with Gasteiger partial charge in [0.1, 0.15) is 53.7 Å². The molecule has 5 aliphatic rings. The minimum absolute atomic E-state index is 0.101. The zero-order chi connectivity index (χ0) is 66.7. The molecule has 91 heavy (non-hydrogen) atoms. The Morgan fingerprint density at radius 1 is 0.780 bits per heavy atom. The predicted octanol–water partition coefficient (Wildman–Crippen LogP) is 4.76. The third kappa shape index (κ3) is 13.6. The SMILES string of the molecule is CO[C@H]1C(=O)[C@]2(C)[C@@H](OC)C[C@H]3OC[C@@]3(OC(C)=O)[C@H]2C2[C@H](OC(=O)c3ccccc3)[C@]3(O)C[C@H](OC(=O)[C@H](OC(=O)CCC(=O)Nc4ccc(C[C@H](NC(=O)N[C@@H](CCC(=O)O)C(=O)O)C(=O)O)cc4)[C@@H](NC(=O)OC(C)(C)C)c4ccccc4)C(C)=C1[C@]23C. The number of methoxy groups -OCH3 is 2. The number of ether oxygens (including phenoxy) is 8. The van der Waals surface area contributed by atoms with E-state index >= 15 is 9.59 Å². The highest BCUT2D eigenvalue weighted by Crippen LogP contribution is 2.75. The highest BCUT2D eigenvalue weighted by atomic mass is 16.6. The van der Waals surface area contributed by atoms with Crippen molar-refractivity contribution in [1.29, 1.82) is 0 Å². The van der Waals surface area contributed by atoms with Crippen LogP contribution >= 0.6 is 0 Å². The average molecular weight is 1270 g/mol. The highest BCUT2D eigenvalue weighted by molar-refractivity contribution is 5.96. The lowest BCUT2D eigenvalue weighted by Gasteiger charge is -2.73. The molecular weight excluding hydrogens is 1190 g/mol. The van der Waals surface area contributed by atoms with Gasteiger partial charge in [0.05, 0.1) is 30.1 Å². The number of aliphatic hydroxyl groups is 1. The highest BCUT2D eigenvalue weighted by Gasteiger charge is 2.86. The molecule has 4 aliphatic carbocycles. The van der Waals surface area contributed by atoms with Gasteiger partial charge >= 0.3 is 53.9 Å². The molecule has 3 aromatic rings. The fourth-order valence-corrected chi connectivity index (χ4v) is 13.9. The molecular formula is C64H76N4O23. The molecule has 0 bridgehead atoms. The first kappa shape index (κ1) is 68.1. The van der Waals surface area contributed by atoms with Crippen molar-refractivity contribution in [2.75, 3.05) is 26.1 Å². The number of carbonyl (C=O) groups excluding carboxylic acids is 8. The number of benzene rings is 3. The summed E-state index contributed by atoms with van der Waals surface area (Å²) in [5.74, 6) is -11.6. The standard InChI is InChI=1S/C64H76N4O23/c1-32-40(30-64(83)53(89-56(79)36-18-14-11-15-19-36)47-51-61(6,52(74)49(85-9)46(32)62(47,64)7)41(84-8)29-42-63(51,31-86-42)90-33(2)69)87-57(80)50(48(35-16-12-10-13-17-35)68-59(82)91-60(3,4)5)88-45(73)27-25-43(70)65-37-22-20-34(21-23-37)28-39(55(77)78)67-58(81)66-38(54(75)76)24-26-44(71)72/h10-23,38-42,47-51,53,83H,24-31H2,1-9H3,(H,65,70)(H,68,82)(H,71,72)(H,75,76)(H,77,78)(H2,66,67,81)/t38-,39-,40-,41-,42+,47?,48-,49+,50+,51-,53-,61+,62+,63-,64+/m0/s1. The number of carboxylic acid groups (broad SMARTS) is 3. The zero-order valence-electron chi connectivity index (χ0n) is 51.6. The maximum atomic E-state index is 15.8. The number of carboxylic acids is 3. The molecule has 15 atom stereocenters. The Morgan fingerprint density at radius 2 is 1.41 bits per heavy atom. The molecule has 27 heteroatoms. The number of hydrogen-bond acceptors (Lipinski definition) is 20. The first-order chi connectivity index (χ1) is 42.8. The van der Waals surface area contributed by atoms with Gasteiger partial charge in [-0.05, 0) is 87.6 Å². The predicted molar refractivity (Wildman–Crippen MR) is 314 cm³/mol. The summed E-state index contributed by atoms with van der Waals surface area (Å²) >= 11 is 0. The van der Waals surface area contributed by atoms with Gasteiger partial charge in [-0.15, -0.1) is 0 Å². The Morgan fingerprint density at radius 3 is 1.97 bits per heavy atom. The van der Waals surface area contributed by atoms with E-state index < -0.39 is 192 Å². The molecule has 8 N–H and O–H groups in total. The second kappa shape index (κ2) is 27.0. The van der Waals surface area contributed by atoms with Crippen molar-refractivity contribution in [2.45, 2.75) is 165 Å². The minimum atomic E-state index is -2.22. The molecule has 3 saturated carbocycles. The van der Waals surface area contributed by atoms with Crippen molar-refractivity contribution < 1.29 is 111 Å². The van der Waals surface area contributed by atoms with Crippen LogP contribution in [0.15, 0.2) is 96.1 Å². The Balaban J connectivity index is 1.09. The molecule has 0 spiro atoms. The summed E-state index contributed by atoms with van der Waals surface area (Å²) in [7, 11) is 2.73. The van der Waals surface area contributed by atoms with Gasteiger partial charge < -0.3 is 79.6 Å². The molecule has 490 valence electrons. The summed E-state index contributed by atoms with van der Waals surface area (Å²) in [5.41, 5.74) is -6.72. The fourth-order valence-electron chi connectivity index (χ4n) is 13.9. The summed E-state index contributed by atoms with van der Waals surface area (Å²) in [5, 5.41) is 51.3. The van der Waals surface area contributed by atoms with Crippen LogP contribution in [0.25, 0.3) is 0 Å². The van der Waals surface area contributed by atoms with Crippen molar-refractivity contribution in [3.63, 3.8) is 0 Å². The molecule has 4 amide bonds. The van der Waals surface area contributed by atoms with E-state index in [1.54, 1.807) is 77.9 Å². The van der Waals surface area contributed by atoms with Crippen LogP contribution in [-0.2, 0) is 82.7 Å². The maximum absolute atomic E-state index is 15.8. The molecule has 1 aliphatic heterocycles. The van der Waals surface area contributed by atoms with Crippen molar-refractivity contribution in [3.05, 3.63) is 113 Å². The Labute approximate surface area is 523 Å². The number of carbonyl (C=O) groups is 11. The number of anilines is 1. The van der Waals surface area contributed by atoms with E-state index in [4.69, 9.17) is 43.0 Å². The summed E-state index contributed by atoms with van der Waals surface area (Å²) in [6.45, 7) is 10.8. The van der Waals surface area contributed by atoms with E-state index in [0.29, 0.717) is 5.56 Å². The molecule has 4 fully saturated rings. The van der Waals surface area contributed by atoms with E-state index in [9.17, 15) is 58.5 Å². The molecule has 1 unspecified atom stereocenters. The van der Waals surface area contributed by atoms with Gasteiger partial charge in [0.25, 0.3) is 0 Å². The normalized spacial score (nSPS) is 28.2. The van der Waals surface area contributed by atoms with Crippen LogP contribution in [0.2, 0.25) is 0 Å². The van der Waals surface area contributed by atoms with Gasteiger partial charge in [-0.2, -0.15) is 0 Å². The second-order valence-electron chi connectivity index (χ2n) is 24.8. The first-order valence-corrected chi connectivity index (χ1v) is 29.5. The van der Waals surface area contributed by atoms with Gasteiger partial charge in [-0.1, -0.05) is 67.6 Å². The molecule has 1 saturated heterocycles. The zero-order valence-corrected chi connectivity index (χ0v) is 51.6. The largest absolute Gasteiger partial charge is 0.481 e. The number of urea groups is 1. The summed E-state index contributed by atoms with van der Waals surface area (Å²) < 4.78 is 49.1. The molecule has 3 aromatic carbocycles. The summed E-state index contributed by atoms with van der Waals surface area (Å²) in [4.78, 5) is 147. The number of nitrogens with one attached hydrogen (secondary N) is 4. The smallest absolute Gasteiger partial charge is 0.408 e. The number of aliphatic carboxylic acids is 3. The molecule has 27 nitrogen and oxygen atoms in total. The van der Waals surface area contributed by atoms with Crippen molar-refractivity contribution >= 4 is 71.3 Å². The van der Waals surface area contributed by atoms with Crippen molar-refractivity contribution in [1.82, 2.24) is 16.0 Å². The van der Waals surface area contributed by atoms with Crippen LogP contribution in [0, 0.1) is 22.7 Å². The Bertz CT molecular complexity index is 3350. The third-order valence-corrected chi connectivity index (χ3v) is 18.1. The topological polar surface area (TPSA) is 391 Å². The summed E-state index contributed by atoms with van der Waals surface area (Å²) in [6, 6.07) is 15.6. The number of fused-ring (bicyclic) bond motifs is 4. The number of hydrogen-bond donors (Lipinski definition) is 8. The lowest BCUT2D eigenvalue weighted by molar-refractivity contribution is -0.371. The second-order valence-corrected chi connectivity index (χ2v) is 24.8. The number of amides is 4. The third-order valence-electron chi connectivity index (χ3n) is 18.1. The maximum Gasteiger partial charge on any atom is 0.408 e. The van der Waals surface area contributed by atoms with Crippen LogP contribution in [0.4, 0.5) is 15.3 Å². The van der Waals surface area contributed by atoms with Gasteiger partial charge in [0, 0.05) is 76.2 Å². The molecule has 8 rings (SSSR count). The van der Waals surface area contributed by atoms with Crippen LogP contribution in [0.5, 0.6) is 0 Å². The number of esters is 4. The first-order valence-electron chi connectivity index (χ1n) is 29.5. The van der Waals surface area contributed by atoms with Gasteiger partial charge in [0.2, 0.25) is 12.0 Å². The van der Waals surface area contributed by atoms with Crippen LogP contribution in [0.3, 0.4) is 0 Å². The lowest BCUT2D eigenvalue weighted by Crippen LogP contribution is -2.84. The molecule has 0 radical (unpaired) electrons. The minimum Gasteiger partial charge on any atom is -0.481 e. The van der Waals surface area contributed by atoms with E-state index in [0.717, 1.165) is 0 Å². The van der Waals surface area contributed by atoms with E-state index in [-0.39, 0.29) is 47.4 Å². The van der Waals surface area contributed by atoms with E-state index in [1.165, 1.54) is 69.7 Å². The van der Waals surface area contributed by atoms with E-state index in [1.807, 2.05) is 5.32 Å². The van der Waals surface area contributed by atoms with E-state index in [2.05, 4.69) is 16.0 Å². The number of ketones is 1. The fraction of sp³-hybridized carbons (Fsp3) is 0.516. The monoisotopic (exact) mass is 1270 g/mol. The van der Waals surface area contributed by atoms with Crippen LogP contribution in [-0.4, -0.2) is 172 Å². The average Bonchev–Trinajstić information content (AvgIpc) is 1.62. The van der Waals surface area contributed by atoms with Crippen molar-refractivity contribution in [3.8, 4) is 0 Å². The summed E-state index contributed by atoms with van der Waals surface area (Å²) in [6.07, 6.45) is -12.3. The molecule has 1 heterocycles. The number of alkyl carbamates (subject to hydrolysis) is 1. The Hall–Kier alpha value is -8.79. The molecule has 0 aromatic heterocycles. The van der Waals surface area contributed by atoms with Gasteiger partial charge in [-0.25, -0.2) is 28.8 Å².